The molecule has 0 radical (unpaired) electrons. The van der Waals surface area contributed by atoms with Crippen molar-refractivity contribution in [3.05, 3.63) is 16.7 Å². The number of hydrogen-bond acceptors (Lipinski definition) is 6. The smallest absolute Gasteiger partial charge is 0.146 e. The molecule has 3 heterocycles. The van der Waals surface area contributed by atoms with Crippen LogP contribution < -0.4 is 10.6 Å². The van der Waals surface area contributed by atoms with Gasteiger partial charge in [-0.1, -0.05) is 19.3 Å². The maximum absolute atomic E-state index is 9.88. The van der Waals surface area contributed by atoms with Crippen LogP contribution in [0.25, 0.3) is 0 Å². The van der Waals surface area contributed by atoms with Crippen molar-refractivity contribution in [1.29, 1.82) is 5.26 Å². The normalized spacial score (nSPS) is 23.6. The summed E-state index contributed by atoms with van der Waals surface area (Å²) in [6.45, 7) is 3.48. The molecule has 1 aliphatic carbocycles. The van der Waals surface area contributed by atoms with E-state index in [1.807, 2.05) is 0 Å². The van der Waals surface area contributed by atoms with Crippen molar-refractivity contribution in [3.8, 4) is 6.07 Å². The Bertz CT molecular complexity index is 702. The van der Waals surface area contributed by atoms with Crippen LogP contribution in [0.2, 0.25) is 0 Å². The molecule has 3 aliphatic rings. The molecule has 6 nitrogen and oxygen atoms in total. The SMILES string of the molecule is CN1CCc2c(C#N)c(NC3CCCCC3)nc(NCC3CCCO3)c2C1. The van der Waals surface area contributed by atoms with Crippen molar-refractivity contribution in [2.45, 2.75) is 70.1 Å². The van der Waals surface area contributed by atoms with Gasteiger partial charge in [0.05, 0.1) is 11.7 Å². The third-order valence-electron chi connectivity index (χ3n) is 6.16. The molecule has 2 aliphatic heterocycles. The summed E-state index contributed by atoms with van der Waals surface area (Å²) in [5.74, 6) is 1.71. The van der Waals surface area contributed by atoms with Gasteiger partial charge >= 0.3 is 0 Å². The van der Waals surface area contributed by atoms with Crippen LogP contribution in [0.4, 0.5) is 11.6 Å². The van der Waals surface area contributed by atoms with Gasteiger partial charge in [0.2, 0.25) is 0 Å². The van der Waals surface area contributed by atoms with E-state index in [9.17, 15) is 5.26 Å². The zero-order valence-electron chi connectivity index (χ0n) is 16.4. The highest BCUT2D eigenvalue weighted by atomic mass is 16.5. The standard InChI is InChI=1S/C21H31N5O/c1-26-10-9-17-18(12-22)21(24-15-6-3-2-4-7-15)25-20(19(17)14-26)23-13-16-8-5-11-27-16/h15-16H,2-11,13-14H2,1H3,(H2,23,24,25). The number of pyridine rings is 1. The minimum atomic E-state index is 0.272. The minimum Gasteiger partial charge on any atom is -0.376 e. The second kappa shape index (κ2) is 8.45. The Morgan fingerprint density at radius 2 is 2.00 bits per heavy atom. The van der Waals surface area contributed by atoms with Crippen LogP contribution in [0.5, 0.6) is 0 Å². The van der Waals surface area contributed by atoms with Gasteiger partial charge in [-0.05, 0) is 44.7 Å². The molecule has 0 bridgehead atoms. The molecule has 27 heavy (non-hydrogen) atoms. The van der Waals surface area contributed by atoms with Crippen LogP contribution in [0.3, 0.4) is 0 Å². The number of aromatic nitrogens is 1. The summed E-state index contributed by atoms with van der Waals surface area (Å²) in [5.41, 5.74) is 3.12. The van der Waals surface area contributed by atoms with E-state index in [0.717, 1.165) is 62.7 Å². The van der Waals surface area contributed by atoms with Crippen LogP contribution in [0, 0.1) is 11.3 Å². The Kier molecular flexibility index (Phi) is 5.80. The number of nitriles is 1. The van der Waals surface area contributed by atoms with E-state index in [-0.39, 0.29) is 6.10 Å². The number of nitrogens with one attached hydrogen (secondary N) is 2. The molecular weight excluding hydrogens is 338 g/mol. The van der Waals surface area contributed by atoms with Crippen molar-refractivity contribution < 1.29 is 4.74 Å². The van der Waals surface area contributed by atoms with Gasteiger partial charge in [-0.2, -0.15) is 5.26 Å². The quantitative estimate of drug-likeness (QED) is 0.830. The molecule has 1 atom stereocenters. The van der Waals surface area contributed by atoms with Gasteiger partial charge in [-0.15, -0.1) is 0 Å². The summed E-state index contributed by atoms with van der Waals surface area (Å²) >= 11 is 0. The number of fused-ring (bicyclic) bond motifs is 1. The number of ether oxygens (including phenoxy) is 1. The summed E-state index contributed by atoms with van der Waals surface area (Å²) in [6.07, 6.45) is 9.62. The molecule has 146 valence electrons. The molecule has 1 saturated heterocycles. The van der Waals surface area contributed by atoms with E-state index in [1.54, 1.807) is 0 Å². The first kappa shape index (κ1) is 18.5. The largest absolute Gasteiger partial charge is 0.376 e. The van der Waals surface area contributed by atoms with Gasteiger partial charge in [-0.25, -0.2) is 4.98 Å². The fourth-order valence-electron chi connectivity index (χ4n) is 4.60. The molecule has 1 aromatic rings. The predicted octanol–water partition coefficient (Wildman–Crippen LogP) is 3.28. The van der Waals surface area contributed by atoms with E-state index in [0.29, 0.717) is 6.04 Å². The lowest BCUT2D eigenvalue weighted by Crippen LogP contribution is -2.31. The molecule has 1 saturated carbocycles. The van der Waals surface area contributed by atoms with Crippen molar-refractivity contribution in [3.63, 3.8) is 0 Å². The first-order valence-corrected chi connectivity index (χ1v) is 10.5. The lowest BCUT2D eigenvalue weighted by atomic mass is 9.93. The van der Waals surface area contributed by atoms with Gasteiger partial charge in [0, 0.05) is 37.8 Å². The van der Waals surface area contributed by atoms with E-state index >= 15 is 0 Å². The van der Waals surface area contributed by atoms with Gasteiger partial charge < -0.3 is 20.3 Å². The van der Waals surface area contributed by atoms with E-state index < -0.39 is 0 Å². The molecular formula is C21H31N5O. The average Bonchev–Trinajstić information content (AvgIpc) is 3.21. The second-order valence-corrected chi connectivity index (χ2v) is 8.24. The van der Waals surface area contributed by atoms with E-state index in [4.69, 9.17) is 9.72 Å². The lowest BCUT2D eigenvalue weighted by molar-refractivity contribution is 0.120. The first-order chi connectivity index (χ1) is 13.2. The Morgan fingerprint density at radius 3 is 2.74 bits per heavy atom. The number of likely N-dealkylation sites (N-methyl/N-ethyl adjacent to an activating group) is 1. The van der Waals surface area contributed by atoms with Crippen LogP contribution in [0.1, 0.15) is 61.6 Å². The van der Waals surface area contributed by atoms with Gasteiger partial charge in [-0.3, -0.25) is 0 Å². The average molecular weight is 370 g/mol. The third kappa shape index (κ3) is 4.20. The van der Waals surface area contributed by atoms with Crippen LogP contribution in [-0.2, 0) is 17.7 Å². The molecule has 2 N–H and O–H groups in total. The Balaban J connectivity index is 1.62. The molecule has 1 aromatic heterocycles. The first-order valence-electron chi connectivity index (χ1n) is 10.5. The number of hydrogen-bond donors (Lipinski definition) is 2. The zero-order chi connectivity index (χ0) is 18.6. The fraction of sp³-hybridized carbons (Fsp3) is 0.714. The monoisotopic (exact) mass is 369 g/mol. The highest BCUT2D eigenvalue weighted by Crippen LogP contribution is 2.33. The molecule has 0 aromatic carbocycles. The summed E-state index contributed by atoms with van der Waals surface area (Å²) < 4.78 is 5.77. The predicted molar refractivity (Wildman–Crippen MR) is 107 cm³/mol. The molecule has 2 fully saturated rings. The van der Waals surface area contributed by atoms with Crippen molar-refractivity contribution >= 4 is 11.6 Å². The van der Waals surface area contributed by atoms with Gasteiger partial charge in [0.1, 0.15) is 17.7 Å². The lowest BCUT2D eigenvalue weighted by Gasteiger charge is -2.30. The highest BCUT2D eigenvalue weighted by Gasteiger charge is 2.26. The molecule has 6 heteroatoms. The number of rotatable bonds is 5. The highest BCUT2D eigenvalue weighted by molar-refractivity contribution is 5.66. The Labute approximate surface area is 162 Å². The van der Waals surface area contributed by atoms with Crippen molar-refractivity contribution in [2.24, 2.45) is 0 Å². The second-order valence-electron chi connectivity index (χ2n) is 8.24. The van der Waals surface area contributed by atoms with Crippen molar-refractivity contribution in [2.75, 3.05) is 37.4 Å². The zero-order valence-corrected chi connectivity index (χ0v) is 16.4. The summed E-state index contributed by atoms with van der Waals surface area (Å²) in [5, 5.41) is 17.0. The maximum atomic E-state index is 9.88. The maximum Gasteiger partial charge on any atom is 0.146 e. The number of anilines is 2. The summed E-state index contributed by atoms with van der Waals surface area (Å²) in [7, 11) is 2.13. The van der Waals surface area contributed by atoms with E-state index in [2.05, 4.69) is 28.7 Å². The fourth-order valence-corrected chi connectivity index (χ4v) is 4.60. The Hall–Kier alpha value is -1.84. The number of nitrogens with zero attached hydrogens (tertiary/aromatic N) is 3. The topological polar surface area (TPSA) is 73.2 Å². The van der Waals surface area contributed by atoms with Crippen LogP contribution in [-0.4, -0.2) is 48.8 Å². The van der Waals surface area contributed by atoms with Crippen molar-refractivity contribution in [1.82, 2.24) is 9.88 Å². The van der Waals surface area contributed by atoms with E-state index in [1.165, 1.54) is 43.2 Å². The van der Waals surface area contributed by atoms with Crippen LogP contribution in [0.15, 0.2) is 0 Å². The van der Waals surface area contributed by atoms with Gasteiger partial charge in [0.15, 0.2) is 0 Å². The summed E-state index contributed by atoms with van der Waals surface area (Å²) in [6, 6.07) is 2.90. The minimum absolute atomic E-state index is 0.272. The van der Waals surface area contributed by atoms with Crippen LogP contribution >= 0.6 is 0 Å². The molecule has 1 unspecified atom stereocenters. The molecule has 0 amide bonds. The Morgan fingerprint density at radius 1 is 1.15 bits per heavy atom. The van der Waals surface area contributed by atoms with Gasteiger partial charge in [0.25, 0.3) is 0 Å². The third-order valence-corrected chi connectivity index (χ3v) is 6.16. The summed E-state index contributed by atoms with van der Waals surface area (Å²) in [4.78, 5) is 7.22. The molecule has 4 rings (SSSR count). The molecule has 0 spiro atoms.